The zero-order valence-corrected chi connectivity index (χ0v) is 12.3. The smallest absolute Gasteiger partial charge is 0.306 e. The van der Waals surface area contributed by atoms with Crippen LogP contribution >= 0.6 is 15.9 Å². The standard InChI is InChI=1S/C13H17BrO4/c1-16-11-5-4-9(7-12(11)17-2)6-10(14)8-13(15)18-3/h4-5,7,10H,6,8H2,1-3H3. The van der Waals surface area contributed by atoms with Crippen LogP contribution in [0.1, 0.15) is 12.0 Å². The molecule has 1 rings (SSSR count). The van der Waals surface area contributed by atoms with Gasteiger partial charge in [-0.05, 0) is 24.1 Å². The minimum absolute atomic E-state index is 0.0445. The van der Waals surface area contributed by atoms with Gasteiger partial charge in [-0.25, -0.2) is 0 Å². The summed E-state index contributed by atoms with van der Waals surface area (Å²) >= 11 is 3.47. The molecule has 0 fully saturated rings. The van der Waals surface area contributed by atoms with Crippen LogP contribution in [0.2, 0.25) is 0 Å². The van der Waals surface area contributed by atoms with Gasteiger partial charge in [-0.1, -0.05) is 22.0 Å². The molecule has 0 aliphatic carbocycles. The number of hydrogen-bond acceptors (Lipinski definition) is 4. The van der Waals surface area contributed by atoms with Gasteiger partial charge in [0.2, 0.25) is 0 Å². The number of halogens is 1. The number of benzene rings is 1. The highest BCUT2D eigenvalue weighted by Crippen LogP contribution is 2.28. The van der Waals surface area contributed by atoms with Crippen molar-refractivity contribution in [3.63, 3.8) is 0 Å². The van der Waals surface area contributed by atoms with E-state index in [1.165, 1.54) is 7.11 Å². The molecule has 1 aromatic rings. The molecule has 0 amide bonds. The number of ether oxygens (including phenoxy) is 3. The van der Waals surface area contributed by atoms with Crippen LogP contribution in [0.4, 0.5) is 0 Å². The summed E-state index contributed by atoms with van der Waals surface area (Å²) < 4.78 is 15.0. The van der Waals surface area contributed by atoms with E-state index in [0.717, 1.165) is 12.0 Å². The zero-order valence-electron chi connectivity index (χ0n) is 10.7. The Kier molecular flexibility index (Phi) is 5.98. The summed E-state index contributed by atoms with van der Waals surface area (Å²) in [5.41, 5.74) is 1.07. The molecule has 0 aliphatic rings. The van der Waals surface area contributed by atoms with Crippen LogP contribution in [-0.2, 0) is 16.0 Å². The first-order valence-corrected chi connectivity index (χ1v) is 6.44. The van der Waals surface area contributed by atoms with E-state index in [-0.39, 0.29) is 10.8 Å². The van der Waals surface area contributed by atoms with Crippen molar-refractivity contribution in [3.8, 4) is 11.5 Å². The fourth-order valence-corrected chi connectivity index (χ4v) is 2.24. The molecule has 0 spiro atoms. The Labute approximate surface area is 115 Å². The predicted octanol–water partition coefficient (Wildman–Crippen LogP) is 2.57. The SMILES string of the molecule is COC(=O)CC(Br)Cc1ccc(OC)c(OC)c1. The molecule has 100 valence electrons. The van der Waals surface area contributed by atoms with E-state index < -0.39 is 0 Å². The second-order valence-electron chi connectivity index (χ2n) is 3.77. The monoisotopic (exact) mass is 316 g/mol. The van der Waals surface area contributed by atoms with Crippen molar-refractivity contribution in [2.24, 2.45) is 0 Å². The van der Waals surface area contributed by atoms with Gasteiger partial charge >= 0.3 is 5.97 Å². The Morgan fingerprint density at radius 2 is 1.89 bits per heavy atom. The molecule has 0 radical (unpaired) electrons. The van der Waals surface area contributed by atoms with Crippen molar-refractivity contribution in [1.29, 1.82) is 0 Å². The molecule has 0 saturated carbocycles. The van der Waals surface area contributed by atoms with Gasteiger partial charge in [-0.2, -0.15) is 0 Å². The van der Waals surface area contributed by atoms with E-state index in [2.05, 4.69) is 20.7 Å². The predicted molar refractivity (Wildman–Crippen MR) is 72.6 cm³/mol. The Bertz CT molecular complexity index is 406. The third kappa shape index (κ3) is 4.22. The van der Waals surface area contributed by atoms with Crippen molar-refractivity contribution in [2.45, 2.75) is 17.7 Å². The summed E-state index contributed by atoms with van der Waals surface area (Å²) in [6.07, 6.45) is 1.06. The van der Waals surface area contributed by atoms with Crippen LogP contribution in [0.15, 0.2) is 18.2 Å². The van der Waals surface area contributed by atoms with Gasteiger partial charge in [0, 0.05) is 4.83 Å². The number of rotatable bonds is 6. The fraction of sp³-hybridized carbons (Fsp3) is 0.462. The van der Waals surface area contributed by atoms with E-state index in [1.807, 2.05) is 18.2 Å². The molecule has 18 heavy (non-hydrogen) atoms. The average molecular weight is 317 g/mol. The van der Waals surface area contributed by atoms with E-state index in [4.69, 9.17) is 9.47 Å². The maximum absolute atomic E-state index is 11.1. The van der Waals surface area contributed by atoms with Gasteiger partial charge in [0.05, 0.1) is 27.8 Å². The fourth-order valence-electron chi connectivity index (χ4n) is 1.60. The Morgan fingerprint density at radius 3 is 2.44 bits per heavy atom. The summed E-state index contributed by atoms with van der Waals surface area (Å²) in [5.74, 6) is 1.16. The minimum atomic E-state index is -0.225. The first kappa shape index (κ1) is 14.8. The van der Waals surface area contributed by atoms with Crippen LogP contribution in [0.25, 0.3) is 0 Å². The van der Waals surface area contributed by atoms with Crippen LogP contribution < -0.4 is 9.47 Å². The van der Waals surface area contributed by atoms with Crippen LogP contribution in [-0.4, -0.2) is 32.1 Å². The number of carbonyl (C=O) groups is 1. The van der Waals surface area contributed by atoms with Crippen LogP contribution in [0, 0.1) is 0 Å². The maximum atomic E-state index is 11.1. The molecule has 1 unspecified atom stereocenters. The lowest BCUT2D eigenvalue weighted by molar-refractivity contribution is -0.140. The van der Waals surface area contributed by atoms with Gasteiger partial charge in [0.25, 0.3) is 0 Å². The largest absolute Gasteiger partial charge is 0.493 e. The molecule has 0 bridgehead atoms. The number of carbonyl (C=O) groups excluding carboxylic acids is 1. The Hall–Kier alpha value is -1.23. The highest BCUT2D eigenvalue weighted by molar-refractivity contribution is 9.09. The highest BCUT2D eigenvalue weighted by Gasteiger charge is 2.13. The van der Waals surface area contributed by atoms with Crippen molar-refractivity contribution < 1.29 is 19.0 Å². The van der Waals surface area contributed by atoms with Gasteiger partial charge in [0.15, 0.2) is 11.5 Å². The molecule has 0 heterocycles. The van der Waals surface area contributed by atoms with E-state index >= 15 is 0 Å². The topological polar surface area (TPSA) is 44.8 Å². The number of esters is 1. The summed E-state index contributed by atoms with van der Waals surface area (Å²) in [5, 5.41) is 0. The van der Waals surface area contributed by atoms with E-state index in [9.17, 15) is 4.79 Å². The quantitative estimate of drug-likeness (QED) is 0.597. The zero-order chi connectivity index (χ0) is 13.5. The van der Waals surface area contributed by atoms with Crippen LogP contribution in [0.5, 0.6) is 11.5 Å². The summed E-state index contributed by atoms with van der Waals surface area (Å²) in [4.78, 5) is 11.2. The Balaban J connectivity index is 2.70. The van der Waals surface area contributed by atoms with E-state index in [0.29, 0.717) is 17.9 Å². The molecule has 4 nitrogen and oxygen atoms in total. The minimum Gasteiger partial charge on any atom is -0.493 e. The molecular formula is C13H17BrO4. The lowest BCUT2D eigenvalue weighted by Gasteiger charge is -2.12. The van der Waals surface area contributed by atoms with Crippen LogP contribution in [0.3, 0.4) is 0 Å². The molecule has 1 aromatic carbocycles. The van der Waals surface area contributed by atoms with Crippen molar-refractivity contribution in [2.75, 3.05) is 21.3 Å². The molecule has 0 aromatic heterocycles. The van der Waals surface area contributed by atoms with Gasteiger partial charge in [-0.3, -0.25) is 4.79 Å². The first-order chi connectivity index (χ1) is 8.60. The second kappa shape index (κ2) is 7.26. The second-order valence-corrected chi connectivity index (χ2v) is 5.07. The van der Waals surface area contributed by atoms with Gasteiger partial charge in [-0.15, -0.1) is 0 Å². The van der Waals surface area contributed by atoms with Crippen molar-refractivity contribution in [3.05, 3.63) is 23.8 Å². The highest BCUT2D eigenvalue weighted by atomic mass is 79.9. The lowest BCUT2D eigenvalue weighted by atomic mass is 10.1. The number of alkyl halides is 1. The summed E-state index contributed by atoms with van der Waals surface area (Å²) in [7, 11) is 4.59. The molecule has 0 aliphatic heterocycles. The molecule has 1 atom stereocenters. The molecule has 0 saturated heterocycles. The van der Waals surface area contributed by atoms with Crippen molar-refractivity contribution in [1.82, 2.24) is 0 Å². The first-order valence-electron chi connectivity index (χ1n) is 5.52. The third-order valence-electron chi connectivity index (χ3n) is 2.52. The van der Waals surface area contributed by atoms with Gasteiger partial charge < -0.3 is 14.2 Å². The van der Waals surface area contributed by atoms with E-state index in [1.54, 1.807) is 14.2 Å². The summed E-state index contributed by atoms with van der Waals surface area (Å²) in [6.45, 7) is 0. The maximum Gasteiger partial charge on any atom is 0.306 e. The Morgan fingerprint density at radius 1 is 1.22 bits per heavy atom. The number of methoxy groups -OCH3 is 3. The lowest BCUT2D eigenvalue weighted by Crippen LogP contribution is -2.11. The normalized spacial score (nSPS) is 11.8. The van der Waals surface area contributed by atoms with Crippen molar-refractivity contribution >= 4 is 21.9 Å². The molecule has 0 N–H and O–H groups in total. The van der Waals surface area contributed by atoms with Gasteiger partial charge in [0.1, 0.15) is 0 Å². The molecular weight excluding hydrogens is 300 g/mol. The average Bonchev–Trinajstić information content (AvgIpc) is 2.38. The third-order valence-corrected chi connectivity index (χ3v) is 3.17. The number of hydrogen-bond donors (Lipinski definition) is 0. The molecule has 5 heteroatoms. The summed E-state index contributed by atoms with van der Waals surface area (Å²) in [6, 6.07) is 5.71.